The maximum Gasteiger partial charge on any atom is 0.255 e. The zero-order valence-electron chi connectivity index (χ0n) is 9.08. The molecule has 0 aromatic heterocycles. The lowest BCUT2D eigenvalue weighted by atomic mass is 10.2. The van der Waals surface area contributed by atoms with Crippen molar-refractivity contribution in [2.75, 3.05) is 5.32 Å². The molecule has 2 nitrogen and oxygen atoms in total. The van der Waals surface area contributed by atoms with E-state index in [1.165, 1.54) is 0 Å². The maximum atomic E-state index is 12.0. The molecular weight excluding hydrogens is 428 g/mol. The van der Waals surface area contributed by atoms with Crippen molar-refractivity contribution in [1.82, 2.24) is 0 Å². The highest BCUT2D eigenvalue weighted by molar-refractivity contribution is 14.1. The molecule has 0 saturated heterocycles. The standard InChI is InChI=1S/C13H8BrClINO/c14-11-7-9(15)4-5-12(11)17-13(18)8-2-1-3-10(16)6-8/h1-7H,(H,17,18). The van der Waals surface area contributed by atoms with Crippen LogP contribution < -0.4 is 5.32 Å². The van der Waals surface area contributed by atoms with Gasteiger partial charge in [0.05, 0.1) is 5.69 Å². The monoisotopic (exact) mass is 435 g/mol. The van der Waals surface area contributed by atoms with Crippen LogP contribution in [0.3, 0.4) is 0 Å². The first-order valence-electron chi connectivity index (χ1n) is 5.08. The van der Waals surface area contributed by atoms with Gasteiger partial charge in [-0.25, -0.2) is 0 Å². The number of anilines is 1. The maximum absolute atomic E-state index is 12.0. The normalized spacial score (nSPS) is 10.2. The quantitative estimate of drug-likeness (QED) is 0.663. The Balaban J connectivity index is 2.21. The number of hydrogen-bond acceptors (Lipinski definition) is 1. The summed E-state index contributed by atoms with van der Waals surface area (Å²) in [6, 6.07) is 12.6. The van der Waals surface area contributed by atoms with Crippen LogP contribution in [0.25, 0.3) is 0 Å². The molecular formula is C13H8BrClINO. The van der Waals surface area contributed by atoms with Gasteiger partial charge in [-0.05, 0) is 74.9 Å². The van der Waals surface area contributed by atoms with Gasteiger partial charge in [-0.2, -0.15) is 0 Å². The summed E-state index contributed by atoms with van der Waals surface area (Å²) < 4.78 is 1.78. The minimum Gasteiger partial charge on any atom is -0.321 e. The summed E-state index contributed by atoms with van der Waals surface area (Å²) in [5.41, 5.74) is 1.33. The lowest BCUT2D eigenvalue weighted by Gasteiger charge is -2.08. The molecule has 0 atom stereocenters. The third-order valence-corrected chi connectivity index (χ3v) is 3.83. The molecule has 92 valence electrons. The van der Waals surface area contributed by atoms with Gasteiger partial charge in [-0.1, -0.05) is 17.7 Å². The Bertz CT molecular complexity index is 603. The Labute approximate surface area is 132 Å². The highest BCUT2D eigenvalue weighted by atomic mass is 127. The van der Waals surface area contributed by atoms with Gasteiger partial charge in [-0.3, -0.25) is 4.79 Å². The smallest absolute Gasteiger partial charge is 0.255 e. The van der Waals surface area contributed by atoms with E-state index in [4.69, 9.17) is 11.6 Å². The van der Waals surface area contributed by atoms with Crippen LogP contribution in [0.4, 0.5) is 5.69 Å². The first kappa shape index (κ1) is 13.8. The summed E-state index contributed by atoms with van der Waals surface area (Å²) in [5.74, 6) is -0.142. The lowest BCUT2D eigenvalue weighted by molar-refractivity contribution is 0.102. The van der Waals surface area contributed by atoms with Gasteiger partial charge < -0.3 is 5.32 Å². The average molecular weight is 436 g/mol. The molecule has 0 aliphatic rings. The van der Waals surface area contributed by atoms with Gasteiger partial charge in [-0.15, -0.1) is 0 Å². The molecule has 5 heteroatoms. The summed E-state index contributed by atoms with van der Waals surface area (Å²) in [5, 5.41) is 3.45. The van der Waals surface area contributed by atoms with Crippen molar-refractivity contribution in [1.29, 1.82) is 0 Å². The molecule has 0 heterocycles. The van der Waals surface area contributed by atoms with Crippen LogP contribution >= 0.6 is 50.1 Å². The number of halogens is 3. The average Bonchev–Trinajstić information content (AvgIpc) is 2.32. The van der Waals surface area contributed by atoms with Gasteiger partial charge in [0.1, 0.15) is 0 Å². The Morgan fingerprint density at radius 2 is 2.00 bits per heavy atom. The Morgan fingerprint density at radius 1 is 1.22 bits per heavy atom. The van der Waals surface area contributed by atoms with Gasteiger partial charge in [0, 0.05) is 18.6 Å². The molecule has 1 N–H and O–H groups in total. The van der Waals surface area contributed by atoms with E-state index < -0.39 is 0 Å². The summed E-state index contributed by atoms with van der Waals surface area (Å²) in [7, 11) is 0. The lowest BCUT2D eigenvalue weighted by Crippen LogP contribution is -2.12. The predicted molar refractivity (Wildman–Crippen MR) is 86.3 cm³/mol. The van der Waals surface area contributed by atoms with Crippen molar-refractivity contribution < 1.29 is 4.79 Å². The summed E-state index contributed by atoms with van der Waals surface area (Å²) in [6.07, 6.45) is 0. The zero-order chi connectivity index (χ0) is 13.1. The van der Waals surface area contributed by atoms with E-state index in [0.29, 0.717) is 16.3 Å². The van der Waals surface area contributed by atoms with Gasteiger partial charge in [0.25, 0.3) is 5.91 Å². The van der Waals surface area contributed by atoms with E-state index in [2.05, 4.69) is 43.8 Å². The van der Waals surface area contributed by atoms with E-state index >= 15 is 0 Å². The Kier molecular flexibility index (Phi) is 4.64. The van der Waals surface area contributed by atoms with Crippen LogP contribution in [-0.2, 0) is 0 Å². The Morgan fingerprint density at radius 3 is 2.67 bits per heavy atom. The highest BCUT2D eigenvalue weighted by Crippen LogP contribution is 2.26. The number of carbonyl (C=O) groups excluding carboxylic acids is 1. The molecule has 0 saturated carbocycles. The van der Waals surface area contributed by atoms with E-state index in [0.717, 1.165) is 8.04 Å². The molecule has 2 aromatic rings. The molecule has 2 rings (SSSR count). The van der Waals surface area contributed by atoms with E-state index in [1.807, 2.05) is 18.2 Å². The number of amides is 1. The second-order valence-electron chi connectivity index (χ2n) is 3.59. The highest BCUT2D eigenvalue weighted by Gasteiger charge is 2.08. The minimum atomic E-state index is -0.142. The van der Waals surface area contributed by atoms with E-state index in [1.54, 1.807) is 24.3 Å². The fourth-order valence-electron chi connectivity index (χ4n) is 1.42. The second kappa shape index (κ2) is 6.04. The van der Waals surface area contributed by atoms with E-state index in [9.17, 15) is 4.79 Å². The summed E-state index contributed by atoms with van der Waals surface area (Å²) in [6.45, 7) is 0. The number of rotatable bonds is 2. The molecule has 0 aliphatic heterocycles. The molecule has 0 unspecified atom stereocenters. The fourth-order valence-corrected chi connectivity index (χ4v) is 2.74. The zero-order valence-corrected chi connectivity index (χ0v) is 13.6. The van der Waals surface area contributed by atoms with Gasteiger partial charge in [0.2, 0.25) is 0 Å². The summed E-state index contributed by atoms with van der Waals surface area (Å²) in [4.78, 5) is 12.0. The van der Waals surface area contributed by atoms with Crippen LogP contribution in [0.15, 0.2) is 46.9 Å². The van der Waals surface area contributed by atoms with Crippen LogP contribution in [0, 0.1) is 3.57 Å². The topological polar surface area (TPSA) is 29.1 Å². The Hall–Kier alpha value is -0.590. The van der Waals surface area contributed by atoms with Crippen molar-refractivity contribution >= 4 is 61.7 Å². The number of nitrogens with one attached hydrogen (secondary N) is 1. The number of hydrogen-bond donors (Lipinski definition) is 1. The van der Waals surface area contributed by atoms with Crippen molar-refractivity contribution in [3.05, 3.63) is 61.1 Å². The van der Waals surface area contributed by atoms with Crippen LogP contribution in [0.5, 0.6) is 0 Å². The second-order valence-corrected chi connectivity index (χ2v) is 6.13. The fraction of sp³-hybridized carbons (Fsp3) is 0. The van der Waals surface area contributed by atoms with Crippen molar-refractivity contribution in [2.45, 2.75) is 0 Å². The van der Waals surface area contributed by atoms with Crippen LogP contribution in [-0.4, -0.2) is 5.91 Å². The molecule has 0 aliphatic carbocycles. The van der Waals surface area contributed by atoms with Crippen LogP contribution in [0.2, 0.25) is 5.02 Å². The number of carbonyl (C=O) groups is 1. The molecule has 1 amide bonds. The van der Waals surface area contributed by atoms with Crippen molar-refractivity contribution in [3.8, 4) is 0 Å². The molecule has 0 fully saturated rings. The van der Waals surface area contributed by atoms with Gasteiger partial charge >= 0.3 is 0 Å². The third-order valence-electron chi connectivity index (χ3n) is 2.27. The third kappa shape index (κ3) is 3.46. The first-order valence-corrected chi connectivity index (χ1v) is 7.33. The molecule has 0 bridgehead atoms. The van der Waals surface area contributed by atoms with Crippen molar-refractivity contribution in [2.24, 2.45) is 0 Å². The SMILES string of the molecule is O=C(Nc1ccc(Cl)cc1Br)c1cccc(I)c1. The van der Waals surface area contributed by atoms with E-state index in [-0.39, 0.29) is 5.91 Å². The van der Waals surface area contributed by atoms with Crippen molar-refractivity contribution in [3.63, 3.8) is 0 Å². The first-order chi connectivity index (χ1) is 8.56. The minimum absolute atomic E-state index is 0.142. The predicted octanol–water partition coefficient (Wildman–Crippen LogP) is 4.96. The molecule has 2 aromatic carbocycles. The van der Waals surface area contributed by atoms with Crippen LogP contribution in [0.1, 0.15) is 10.4 Å². The van der Waals surface area contributed by atoms with Gasteiger partial charge in [0.15, 0.2) is 0 Å². The molecule has 18 heavy (non-hydrogen) atoms. The molecule has 0 radical (unpaired) electrons. The largest absolute Gasteiger partial charge is 0.321 e. The summed E-state index contributed by atoms with van der Waals surface area (Å²) >= 11 is 11.4. The molecule has 0 spiro atoms. The number of benzene rings is 2.